The van der Waals surface area contributed by atoms with Crippen molar-refractivity contribution in [3.8, 4) is 0 Å². The molecular weight excluding hydrogens is 367 g/mol. The van der Waals surface area contributed by atoms with Gasteiger partial charge in [-0.1, -0.05) is 0 Å². The maximum atomic E-state index is 3.46. The van der Waals surface area contributed by atoms with E-state index >= 15 is 0 Å². The first-order valence-electron chi connectivity index (χ1n) is 1.86. The summed E-state index contributed by atoms with van der Waals surface area (Å²) in [5.41, 5.74) is 0. The molecule has 0 aromatic rings. The normalized spacial score (nSPS) is 9.00. The number of hydrogen-bond acceptors (Lipinski definition) is 0. The van der Waals surface area contributed by atoms with Crippen molar-refractivity contribution in [3.05, 3.63) is 0 Å². The Morgan fingerprint density at radius 3 is 1.14 bits per heavy atom. The Bertz CT molecular complexity index is 31.7. The Hall–Kier alpha value is 2.32. The summed E-state index contributed by atoms with van der Waals surface area (Å²) in [6.07, 6.45) is 0. The third-order valence-electron chi connectivity index (χ3n) is 0.567. The van der Waals surface area contributed by atoms with E-state index in [2.05, 4.69) is 47.8 Å². The van der Waals surface area contributed by atoms with Crippen LogP contribution >= 0.6 is 47.8 Å². The summed E-state index contributed by atoms with van der Waals surface area (Å²) >= 11 is 9.49. The summed E-state index contributed by atoms with van der Waals surface area (Å²) in [7, 11) is 0. The molecule has 0 spiro atoms. The van der Waals surface area contributed by atoms with Crippen LogP contribution in [-0.4, -0.2) is 9.11 Å². The number of alkyl halides is 3. The Morgan fingerprint density at radius 2 is 1.14 bits per heavy atom. The minimum atomic E-state index is -0.903. The molecule has 0 amide bonds. The molecule has 0 aromatic carbocycles. The van der Waals surface area contributed by atoms with Crippen LogP contribution in [0, 0.1) is 0 Å². The molecule has 43 valence electrons. The Morgan fingerprint density at radius 1 is 0.857 bits per heavy atom. The monoisotopic (exact) mass is 369 g/mol. The molecule has 0 aliphatic carbocycles. The summed E-state index contributed by atoms with van der Waals surface area (Å²) < 4.78 is 3.81. The van der Waals surface area contributed by atoms with E-state index in [9.17, 15) is 0 Å². The molecule has 0 saturated carbocycles. The van der Waals surface area contributed by atoms with Gasteiger partial charge in [0.15, 0.2) is 0 Å². The molecule has 0 saturated heterocycles. The predicted molar refractivity (Wildman–Crippen MR) is 41.4 cm³/mol. The van der Waals surface area contributed by atoms with Gasteiger partial charge in [-0.05, 0) is 0 Å². The molecular formula is C3H6Br3Zr. The van der Waals surface area contributed by atoms with Crippen LogP contribution in [0.15, 0.2) is 0 Å². The topological polar surface area (TPSA) is 0 Å². The van der Waals surface area contributed by atoms with Crippen molar-refractivity contribution >= 4 is 47.8 Å². The van der Waals surface area contributed by atoms with Gasteiger partial charge in [0.25, 0.3) is 0 Å². The maximum absolute atomic E-state index is 3.46. The van der Waals surface area contributed by atoms with Crippen LogP contribution in [0.2, 0.25) is 0 Å². The zero-order valence-corrected chi connectivity index (χ0v) is 11.0. The molecule has 0 bridgehead atoms. The minimum absolute atomic E-state index is 0.903. The molecule has 0 nitrogen and oxygen atoms in total. The number of hydrogen-bond donors (Lipinski definition) is 0. The average molecular weight is 373 g/mol. The van der Waals surface area contributed by atoms with E-state index in [1.807, 2.05) is 0 Å². The quantitative estimate of drug-likeness (QED) is 0.668. The SMILES string of the molecule is Br[CH2][Zr]([CH2]Br)[CH2]Br. The van der Waals surface area contributed by atoms with Gasteiger partial charge in [-0.3, -0.25) is 0 Å². The summed E-state index contributed by atoms with van der Waals surface area (Å²) in [4.78, 5) is 0. The third kappa shape index (κ3) is 4.80. The first-order valence-corrected chi connectivity index (χ1v) is 10.4. The van der Waals surface area contributed by atoms with Crippen LogP contribution < -0.4 is 0 Å². The van der Waals surface area contributed by atoms with Gasteiger partial charge in [0, 0.05) is 0 Å². The molecule has 0 unspecified atom stereocenters. The molecule has 0 heterocycles. The average Bonchev–Trinajstić information content (AvgIpc) is 1.72. The molecule has 0 aromatic heterocycles. The van der Waals surface area contributed by atoms with Crippen LogP contribution in [0.3, 0.4) is 0 Å². The zero-order valence-electron chi connectivity index (χ0n) is 3.76. The Kier molecular flexibility index (Phi) is 8.58. The van der Waals surface area contributed by atoms with E-state index < -0.39 is 21.8 Å². The standard InChI is InChI=1S/3CH2Br.Zr/c3*1-2;/h3*1H2;. The van der Waals surface area contributed by atoms with Crippen molar-refractivity contribution in [2.24, 2.45) is 0 Å². The Labute approximate surface area is 77.5 Å². The second kappa shape index (κ2) is 6.44. The predicted octanol–water partition coefficient (Wildman–Crippen LogP) is 2.66. The molecule has 0 aliphatic heterocycles. The van der Waals surface area contributed by atoms with Crippen molar-refractivity contribution in [2.75, 3.05) is 9.11 Å². The zero-order chi connectivity index (χ0) is 5.70. The molecule has 0 fully saturated rings. The van der Waals surface area contributed by atoms with Crippen LogP contribution in [0.25, 0.3) is 0 Å². The van der Waals surface area contributed by atoms with Crippen LogP contribution in [0.1, 0.15) is 0 Å². The second-order valence-electron chi connectivity index (χ2n) is 1.15. The summed E-state index contributed by atoms with van der Waals surface area (Å²) in [6, 6.07) is 0. The fourth-order valence-corrected chi connectivity index (χ4v) is 17.1. The van der Waals surface area contributed by atoms with Crippen LogP contribution in [-0.2, 0) is 21.8 Å². The van der Waals surface area contributed by atoms with E-state index in [4.69, 9.17) is 0 Å². The summed E-state index contributed by atoms with van der Waals surface area (Å²) in [5.74, 6) is 0. The van der Waals surface area contributed by atoms with Crippen molar-refractivity contribution in [1.82, 2.24) is 0 Å². The molecule has 0 rings (SSSR count). The van der Waals surface area contributed by atoms with Gasteiger partial charge < -0.3 is 0 Å². The molecule has 0 atom stereocenters. The third-order valence-corrected chi connectivity index (χ3v) is 17.4. The van der Waals surface area contributed by atoms with E-state index in [1.165, 1.54) is 9.11 Å². The summed E-state index contributed by atoms with van der Waals surface area (Å²) in [5, 5.41) is 0. The fourth-order valence-electron chi connectivity index (χ4n) is 0.107. The molecule has 0 N–H and O–H groups in total. The van der Waals surface area contributed by atoms with E-state index in [0.717, 1.165) is 0 Å². The van der Waals surface area contributed by atoms with Crippen LogP contribution in [0.4, 0.5) is 0 Å². The van der Waals surface area contributed by atoms with Crippen molar-refractivity contribution < 1.29 is 21.8 Å². The van der Waals surface area contributed by atoms with Gasteiger partial charge in [0.2, 0.25) is 0 Å². The number of halogens is 3. The molecule has 0 aliphatic rings. The van der Waals surface area contributed by atoms with Gasteiger partial charge in [-0.25, -0.2) is 0 Å². The van der Waals surface area contributed by atoms with Gasteiger partial charge >= 0.3 is 78.7 Å². The van der Waals surface area contributed by atoms with E-state index in [0.29, 0.717) is 0 Å². The fraction of sp³-hybridized carbons (Fsp3) is 1.00. The van der Waals surface area contributed by atoms with E-state index in [-0.39, 0.29) is 0 Å². The van der Waals surface area contributed by atoms with E-state index in [1.54, 1.807) is 0 Å². The summed E-state index contributed by atoms with van der Waals surface area (Å²) in [6.45, 7) is 0. The second-order valence-corrected chi connectivity index (χ2v) is 16.8. The van der Waals surface area contributed by atoms with Crippen molar-refractivity contribution in [1.29, 1.82) is 0 Å². The van der Waals surface area contributed by atoms with Gasteiger partial charge in [-0.2, -0.15) is 0 Å². The van der Waals surface area contributed by atoms with Crippen molar-refractivity contribution in [2.45, 2.75) is 0 Å². The van der Waals surface area contributed by atoms with Crippen molar-refractivity contribution in [3.63, 3.8) is 0 Å². The Balaban J connectivity index is 2.99. The molecule has 7 heavy (non-hydrogen) atoms. The van der Waals surface area contributed by atoms with Gasteiger partial charge in [0.1, 0.15) is 0 Å². The van der Waals surface area contributed by atoms with Gasteiger partial charge in [-0.15, -0.1) is 0 Å². The first kappa shape index (κ1) is 9.32. The first-order chi connectivity index (χ1) is 3.35. The van der Waals surface area contributed by atoms with Crippen LogP contribution in [0.5, 0.6) is 0 Å². The number of rotatable bonds is 3. The molecule has 0 radical (unpaired) electrons. The molecule has 4 heteroatoms. The van der Waals surface area contributed by atoms with Gasteiger partial charge in [0.05, 0.1) is 0 Å².